The number of hydrogen-bond donors (Lipinski definition) is 2. The minimum absolute atomic E-state index is 0.191. The number of pyridine rings is 2. The highest BCUT2D eigenvalue weighted by Crippen LogP contribution is 2.35. The van der Waals surface area contributed by atoms with E-state index >= 15 is 0 Å². The van der Waals surface area contributed by atoms with Crippen LogP contribution in [0.1, 0.15) is 30.0 Å². The third-order valence-electron chi connectivity index (χ3n) is 6.58. The highest BCUT2D eigenvalue weighted by Gasteiger charge is 2.33. The van der Waals surface area contributed by atoms with Crippen LogP contribution in [-0.2, 0) is 6.18 Å². The molecule has 0 atom stereocenters. The van der Waals surface area contributed by atoms with Gasteiger partial charge in [0.25, 0.3) is 0 Å². The lowest BCUT2D eigenvalue weighted by molar-refractivity contribution is -0.140. The van der Waals surface area contributed by atoms with Crippen LogP contribution in [-0.4, -0.2) is 45.7 Å². The number of carbonyl (C=O) groups is 1. The Morgan fingerprint density at radius 2 is 2.00 bits per heavy atom. The lowest BCUT2D eigenvalue weighted by atomic mass is 9.97. The van der Waals surface area contributed by atoms with E-state index in [0.29, 0.717) is 53.5 Å². The summed E-state index contributed by atoms with van der Waals surface area (Å²) >= 11 is 1.46. The number of anilines is 2. The summed E-state index contributed by atoms with van der Waals surface area (Å²) in [4.78, 5) is 22.9. The van der Waals surface area contributed by atoms with Gasteiger partial charge in [0.05, 0.1) is 5.52 Å². The summed E-state index contributed by atoms with van der Waals surface area (Å²) in [5.41, 5.74) is 1.90. The number of aromatic nitrogens is 3. The number of aryl methyl sites for hydroxylation is 2. The summed E-state index contributed by atoms with van der Waals surface area (Å²) in [7, 11) is 0. The van der Waals surface area contributed by atoms with Crippen LogP contribution in [0.25, 0.3) is 22.0 Å². The van der Waals surface area contributed by atoms with Crippen molar-refractivity contribution < 1.29 is 22.5 Å². The van der Waals surface area contributed by atoms with E-state index in [0.717, 1.165) is 24.5 Å². The van der Waals surface area contributed by atoms with Gasteiger partial charge < -0.3 is 20.1 Å². The Kier molecular flexibility index (Phi) is 6.76. The van der Waals surface area contributed by atoms with Gasteiger partial charge in [-0.15, -0.1) is 0 Å². The predicted octanol–water partition coefficient (Wildman–Crippen LogP) is 6.34. The molecule has 4 aromatic rings. The molecular formula is C25H25F3N6O2S. The quantitative estimate of drug-likeness (QED) is 0.313. The first-order valence-corrected chi connectivity index (χ1v) is 12.8. The molecule has 0 saturated carbocycles. The zero-order chi connectivity index (χ0) is 26.2. The molecule has 0 aromatic carbocycles. The molecule has 0 unspecified atom stereocenters. The van der Waals surface area contributed by atoms with Gasteiger partial charge in [-0.05, 0) is 67.1 Å². The molecule has 194 valence electrons. The third kappa shape index (κ3) is 5.24. The third-order valence-corrected chi connectivity index (χ3v) is 7.26. The van der Waals surface area contributed by atoms with Crippen molar-refractivity contribution >= 4 is 39.8 Å². The van der Waals surface area contributed by atoms with Crippen molar-refractivity contribution in [3.63, 3.8) is 0 Å². The summed E-state index contributed by atoms with van der Waals surface area (Å²) in [6.07, 6.45) is -1.41. The molecule has 2 amide bonds. The minimum atomic E-state index is -4.54. The number of halogens is 3. The fraction of sp³-hybridized carbons (Fsp3) is 0.360. The molecule has 1 aliphatic heterocycles. The summed E-state index contributed by atoms with van der Waals surface area (Å²) in [6.45, 7) is 5.28. The molecule has 4 aromatic heterocycles. The molecule has 1 aliphatic rings. The summed E-state index contributed by atoms with van der Waals surface area (Å²) in [5.74, 6) is 1.33. The lowest BCUT2D eigenvalue weighted by Crippen LogP contribution is -2.42. The Balaban J connectivity index is 1.27. The lowest BCUT2D eigenvalue weighted by Gasteiger charge is -2.32. The molecule has 0 spiro atoms. The van der Waals surface area contributed by atoms with Crippen molar-refractivity contribution in [2.45, 2.75) is 32.9 Å². The smallest absolute Gasteiger partial charge is 0.369 e. The maximum atomic E-state index is 13.4. The van der Waals surface area contributed by atoms with Gasteiger partial charge in [0.2, 0.25) is 0 Å². The highest BCUT2D eigenvalue weighted by atomic mass is 32.1. The van der Waals surface area contributed by atoms with Crippen LogP contribution in [0.15, 0.2) is 39.7 Å². The number of thiophene rings is 1. The van der Waals surface area contributed by atoms with E-state index in [9.17, 15) is 18.0 Å². The second-order valence-electron chi connectivity index (χ2n) is 9.06. The van der Waals surface area contributed by atoms with Crippen molar-refractivity contribution in [2.24, 2.45) is 5.92 Å². The normalized spacial score (nSPS) is 14.8. The summed E-state index contributed by atoms with van der Waals surface area (Å²) in [5, 5.41) is 14.3. The number of urea groups is 1. The summed E-state index contributed by atoms with van der Waals surface area (Å²) < 4.78 is 45.2. The van der Waals surface area contributed by atoms with Gasteiger partial charge in [0.1, 0.15) is 22.9 Å². The Labute approximate surface area is 214 Å². The maximum Gasteiger partial charge on any atom is 0.433 e. The molecule has 0 bridgehead atoms. The SMILES string of the molecule is Cc1noc(C)c1NC(=O)N1CCC(CNc2ncc(-c3ccsc3)c3nc(C(F)(F)F)ccc23)CC1. The van der Waals surface area contributed by atoms with Crippen molar-refractivity contribution in [1.82, 2.24) is 20.0 Å². The van der Waals surface area contributed by atoms with E-state index in [1.807, 2.05) is 16.8 Å². The fourth-order valence-corrected chi connectivity index (χ4v) is 5.13. The van der Waals surface area contributed by atoms with Crippen LogP contribution >= 0.6 is 11.3 Å². The number of nitrogens with one attached hydrogen (secondary N) is 2. The molecule has 1 fully saturated rings. The van der Waals surface area contributed by atoms with Gasteiger partial charge in [-0.3, -0.25) is 0 Å². The number of amides is 2. The van der Waals surface area contributed by atoms with Crippen LogP contribution in [0.2, 0.25) is 0 Å². The van der Waals surface area contributed by atoms with E-state index < -0.39 is 11.9 Å². The first-order chi connectivity index (χ1) is 17.7. The van der Waals surface area contributed by atoms with E-state index in [1.165, 1.54) is 17.4 Å². The zero-order valence-electron chi connectivity index (χ0n) is 20.2. The Morgan fingerprint density at radius 3 is 2.65 bits per heavy atom. The number of rotatable bonds is 5. The Morgan fingerprint density at radius 1 is 1.22 bits per heavy atom. The first-order valence-electron chi connectivity index (χ1n) is 11.8. The summed E-state index contributed by atoms with van der Waals surface area (Å²) in [6, 6.07) is 4.07. The Hall–Kier alpha value is -3.67. The number of likely N-dealkylation sites (tertiary alicyclic amines) is 1. The largest absolute Gasteiger partial charge is 0.433 e. The number of nitrogens with zero attached hydrogens (tertiary/aromatic N) is 4. The molecular weight excluding hydrogens is 505 g/mol. The van der Waals surface area contributed by atoms with Gasteiger partial charge in [-0.25, -0.2) is 14.8 Å². The monoisotopic (exact) mass is 530 g/mol. The van der Waals surface area contributed by atoms with Crippen molar-refractivity contribution in [1.29, 1.82) is 0 Å². The predicted molar refractivity (Wildman–Crippen MR) is 136 cm³/mol. The van der Waals surface area contributed by atoms with E-state index in [4.69, 9.17) is 4.52 Å². The van der Waals surface area contributed by atoms with Gasteiger partial charge in [-0.2, -0.15) is 24.5 Å². The van der Waals surface area contributed by atoms with Crippen LogP contribution in [0, 0.1) is 19.8 Å². The van der Waals surface area contributed by atoms with Gasteiger partial charge in [0.15, 0.2) is 5.76 Å². The molecule has 2 N–H and O–H groups in total. The number of piperidine rings is 1. The van der Waals surface area contributed by atoms with Gasteiger partial charge >= 0.3 is 12.2 Å². The number of hydrogen-bond acceptors (Lipinski definition) is 7. The van der Waals surface area contributed by atoms with Gasteiger partial charge in [0, 0.05) is 36.8 Å². The molecule has 1 saturated heterocycles. The highest BCUT2D eigenvalue weighted by molar-refractivity contribution is 7.08. The molecule has 8 nitrogen and oxygen atoms in total. The van der Waals surface area contributed by atoms with Crippen molar-refractivity contribution in [2.75, 3.05) is 30.3 Å². The molecule has 0 aliphatic carbocycles. The topological polar surface area (TPSA) is 96.2 Å². The van der Waals surface area contributed by atoms with E-state index in [-0.39, 0.29) is 17.5 Å². The van der Waals surface area contributed by atoms with Crippen molar-refractivity contribution in [3.8, 4) is 11.1 Å². The second kappa shape index (κ2) is 10.0. The zero-order valence-corrected chi connectivity index (χ0v) is 21.0. The molecule has 37 heavy (non-hydrogen) atoms. The number of fused-ring (bicyclic) bond motifs is 1. The van der Waals surface area contributed by atoms with Crippen LogP contribution in [0.4, 0.5) is 29.5 Å². The number of carbonyl (C=O) groups excluding carboxylic acids is 1. The van der Waals surface area contributed by atoms with Crippen LogP contribution in [0.5, 0.6) is 0 Å². The van der Waals surface area contributed by atoms with E-state index in [1.54, 1.807) is 24.9 Å². The molecule has 5 heterocycles. The Bertz CT molecular complexity index is 1390. The van der Waals surface area contributed by atoms with Crippen LogP contribution < -0.4 is 10.6 Å². The molecule has 12 heteroatoms. The second-order valence-corrected chi connectivity index (χ2v) is 9.84. The van der Waals surface area contributed by atoms with Gasteiger partial charge in [-0.1, -0.05) is 5.16 Å². The fourth-order valence-electron chi connectivity index (χ4n) is 4.47. The maximum absolute atomic E-state index is 13.4. The van der Waals surface area contributed by atoms with Crippen LogP contribution in [0.3, 0.4) is 0 Å². The number of alkyl halides is 3. The van der Waals surface area contributed by atoms with Crippen molar-refractivity contribution in [3.05, 3.63) is 52.3 Å². The average molecular weight is 531 g/mol. The standard InChI is InChI=1S/C25H25F3N6O2S/c1-14-21(15(2)36-33-14)32-24(35)34-8-5-16(6-9-34)11-29-23-18-3-4-20(25(26,27)28)31-22(18)19(12-30-23)17-7-10-37-13-17/h3-4,7,10,12-13,16H,5-6,8-9,11H2,1-2H3,(H,29,30)(H,32,35). The average Bonchev–Trinajstić information content (AvgIpc) is 3.53. The minimum Gasteiger partial charge on any atom is -0.369 e. The molecule has 0 radical (unpaired) electrons. The van der Waals surface area contributed by atoms with E-state index in [2.05, 4.69) is 25.8 Å². The first kappa shape index (κ1) is 25.0. The molecule has 5 rings (SSSR count).